The van der Waals surface area contributed by atoms with Gasteiger partial charge in [-0.2, -0.15) is 10.1 Å². The lowest BCUT2D eigenvalue weighted by Gasteiger charge is -2.06. The van der Waals surface area contributed by atoms with E-state index >= 15 is 0 Å². The molecule has 1 amide bonds. The van der Waals surface area contributed by atoms with Gasteiger partial charge >= 0.3 is 0 Å². The summed E-state index contributed by atoms with van der Waals surface area (Å²) in [6.07, 6.45) is 0.136. The molecule has 27 heavy (non-hydrogen) atoms. The van der Waals surface area contributed by atoms with Gasteiger partial charge in [0, 0.05) is 23.1 Å². The molecule has 0 saturated carbocycles. The monoisotopic (exact) mass is 378 g/mol. The first kappa shape index (κ1) is 17.0. The summed E-state index contributed by atoms with van der Waals surface area (Å²) in [5.74, 6) is -0.173. The number of aryl methyl sites for hydroxylation is 1. The molecule has 0 saturated heterocycles. The summed E-state index contributed by atoms with van der Waals surface area (Å²) in [6, 6.07) is 14.0. The number of rotatable bonds is 4. The first-order valence-electron chi connectivity index (χ1n) is 8.19. The first-order valence-corrected chi connectivity index (χ1v) is 9.07. The van der Waals surface area contributed by atoms with Crippen LogP contribution in [-0.4, -0.2) is 21.5 Å². The highest BCUT2D eigenvalue weighted by atomic mass is 32.1. The summed E-state index contributed by atoms with van der Waals surface area (Å²) in [6.45, 7) is 2.02. The first-order chi connectivity index (χ1) is 13.0. The van der Waals surface area contributed by atoms with E-state index in [1.165, 1.54) is 34.0 Å². The fourth-order valence-corrected chi connectivity index (χ4v) is 3.53. The molecule has 1 aliphatic rings. The van der Waals surface area contributed by atoms with Crippen LogP contribution in [0.1, 0.15) is 17.5 Å². The molecule has 0 bridgehead atoms. The predicted molar refractivity (Wildman–Crippen MR) is 104 cm³/mol. The third-order valence-electron chi connectivity index (χ3n) is 4.21. The highest BCUT2D eigenvalue weighted by molar-refractivity contribution is 7.14. The Bertz CT molecular complexity index is 1060. The number of nitrogens with zero attached hydrogens (tertiary/aromatic N) is 4. The van der Waals surface area contributed by atoms with Crippen LogP contribution < -0.4 is 5.01 Å². The van der Waals surface area contributed by atoms with Gasteiger partial charge in [0.2, 0.25) is 5.13 Å². The van der Waals surface area contributed by atoms with E-state index in [9.17, 15) is 14.9 Å². The molecular weight excluding hydrogens is 364 g/mol. The van der Waals surface area contributed by atoms with E-state index in [-0.39, 0.29) is 18.0 Å². The molecule has 0 N–H and O–H groups in total. The molecule has 0 unspecified atom stereocenters. The lowest BCUT2D eigenvalue weighted by Crippen LogP contribution is -2.19. The molecule has 0 atom stereocenters. The molecule has 1 aliphatic heterocycles. The molecule has 8 heteroatoms. The largest absolute Gasteiger partial charge is 0.272 e. The number of hydrogen-bond donors (Lipinski definition) is 0. The maximum Gasteiger partial charge on any atom is 0.269 e. The Morgan fingerprint density at radius 2 is 1.74 bits per heavy atom. The topological polar surface area (TPSA) is 88.7 Å². The van der Waals surface area contributed by atoms with Crippen molar-refractivity contribution in [3.63, 3.8) is 0 Å². The van der Waals surface area contributed by atoms with E-state index in [1.54, 1.807) is 12.1 Å². The van der Waals surface area contributed by atoms with Gasteiger partial charge in [0.15, 0.2) is 0 Å². The molecular formula is C19H14N4O3S. The van der Waals surface area contributed by atoms with Gasteiger partial charge in [0.05, 0.1) is 22.7 Å². The number of amides is 1. The number of nitro groups is 1. The fourth-order valence-electron chi connectivity index (χ4n) is 2.73. The van der Waals surface area contributed by atoms with Gasteiger partial charge in [0.25, 0.3) is 11.6 Å². The minimum atomic E-state index is -0.458. The van der Waals surface area contributed by atoms with Gasteiger partial charge in [0.1, 0.15) is 0 Å². The number of anilines is 1. The molecule has 0 spiro atoms. The summed E-state index contributed by atoms with van der Waals surface area (Å²) >= 11 is 1.35. The Balaban J connectivity index is 1.60. The van der Waals surface area contributed by atoms with Crippen molar-refractivity contribution in [2.75, 3.05) is 5.01 Å². The summed E-state index contributed by atoms with van der Waals surface area (Å²) in [5, 5.41) is 18.9. The molecule has 0 fully saturated rings. The van der Waals surface area contributed by atoms with Gasteiger partial charge in [-0.25, -0.2) is 4.98 Å². The van der Waals surface area contributed by atoms with Crippen molar-refractivity contribution in [1.29, 1.82) is 0 Å². The van der Waals surface area contributed by atoms with Crippen LogP contribution in [0.2, 0.25) is 0 Å². The van der Waals surface area contributed by atoms with Crippen LogP contribution in [0.5, 0.6) is 0 Å². The van der Waals surface area contributed by atoms with E-state index in [0.29, 0.717) is 16.4 Å². The summed E-state index contributed by atoms with van der Waals surface area (Å²) in [4.78, 5) is 27.2. The summed E-state index contributed by atoms with van der Waals surface area (Å²) in [5.41, 5.74) is 4.20. The van der Waals surface area contributed by atoms with E-state index in [1.807, 2.05) is 36.6 Å². The maximum atomic E-state index is 12.4. The maximum absolute atomic E-state index is 12.4. The number of aromatic nitrogens is 1. The van der Waals surface area contributed by atoms with Crippen LogP contribution in [0.4, 0.5) is 10.8 Å². The van der Waals surface area contributed by atoms with Gasteiger partial charge in [-0.1, -0.05) is 29.8 Å². The zero-order chi connectivity index (χ0) is 19.0. The van der Waals surface area contributed by atoms with Gasteiger partial charge in [-0.3, -0.25) is 14.9 Å². The Labute approximate surface area is 158 Å². The molecule has 7 nitrogen and oxygen atoms in total. The normalized spacial score (nSPS) is 13.7. The molecule has 2 aromatic carbocycles. The lowest BCUT2D eigenvalue weighted by molar-refractivity contribution is -0.384. The number of hydrogen-bond acceptors (Lipinski definition) is 6. The van der Waals surface area contributed by atoms with Crippen molar-refractivity contribution in [3.05, 3.63) is 75.2 Å². The lowest BCUT2D eigenvalue weighted by atomic mass is 10.1. The fraction of sp³-hybridized carbons (Fsp3) is 0.105. The molecule has 0 radical (unpaired) electrons. The highest BCUT2D eigenvalue weighted by Gasteiger charge is 2.28. The van der Waals surface area contributed by atoms with Gasteiger partial charge in [-0.05, 0) is 24.6 Å². The third-order valence-corrected chi connectivity index (χ3v) is 5.02. The number of thiazole rings is 1. The van der Waals surface area contributed by atoms with Crippen LogP contribution in [0.15, 0.2) is 59.0 Å². The predicted octanol–water partition coefficient (Wildman–Crippen LogP) is 4.17. The van der Waals surface area contributed by atoms with Crippen molar-refractivity contribution < 1.29 is 9.72 Å². The van der Waals surface area contributed by atoms with E-state index < -0.39 is 4.92 Å². The van der Waals surface area contributed by atoms with Crippen LogP contribution in [0.25, 0.3) is 11.3 Å². The molecule has 134 valence electrons. The molecule has 4 rings (SSSR count). The second-order valence-corrected chi connectivity index (χ2v) is 6.95. The zero-order valence-corrected chi connectivity index (χ0v) is 15.1. The Kier molecular flexibility index (Phi) is 4.25. The van der Waals surface area contributed by atoms with Crippen LogP contribution in [0.3, 0.4) is 0 Å². The number of carbonyl (C=O) groups is 1. The van der Waals surface area contributed by atoms with E-state index in [2.05, 4.69) is 10.1 Å². The van der Waals surface area contributed by atoms with Crippen molar-refractivity contribution in [1.82, 2.24) is 4.98 Å². The van der Waals surface area contributed by atoms with Gasteiger partial charge < -0.3 is 0 Å². The average Bonchev–Trinajstić information content (AvgIpc) is 3.29. The third kappa shape index (κ3) is 3.34. The SMILES string of the molecule is Cc1ccc(-c2csc(N3N=C(c4ccc([N+](=O)[O-])cc4)CC3=O)n2)cc1. The van der Waals surface area contributed by atoms with Crippen molar-refractivity contribution in [2.45, 2.75) is 13.3 Å². The summed E-state index contributed by atoms with van der Waals surface area (Å²) in [7, 11) is 0. The minimum absolute atomic E-state index is 0.00296. The quantitative estimate of drug-likeness (QED) is 0.503. The van der Waals surface area contributed by atoms with Crippen LogP contribution in [0, 0.1) is 17.0 Å². The Morgan fingerprint density at radius 3 is 2.41 bits per heavy atom. The summed E-state index contributed by atoms with van der Waals surface area (Å²) < 4.78 is 0. The smallest absolute Gasteiger partial charge is 0.269 e. The highest BCUT2D eigenvalue weighted by Crippen LogP contribution is 2.30. The number of non-ortho nitro benzene ring substituents is 1. The van der Waals surface area contributed by atoms with Gasteiger partial charge in [-0.15, -0.1) is 11.3 Å². The standard InChI is InChI=1S/C19H14N4O3S/c1-12-2-4-14(5-3-12)17-11-27-19(20-17)22-18(24)10-16(21-22)13-6-8-15(9-7-13)23(25)26/h2-9,11H,10H2,1H3. The second-order valence-electron chi connectivity index (χ2n) is 6.11. The zero-order valence-electron chi connectivity index (χ0n) is 14.3. The Hall–Kier alpha value is -3.39. The van der Waals surface area contributed by atoms with Crippen molar-refractivity contribution in [3.8, 4) is 11.3 Å². The average molecular weight is 378 g/mol. The van der Waals surface area contributed by atoms with Crippen molar-refractivity contribution >= 4 is 33.8 Å². The van der Waals surface area contributed by atoms with Crippen LogP contribution >= 0.6 is 11.3 Å². The second kappa shape index (κ2) is 6.73. The van der Waals surface area contributed by atoms with E-state index in [0.717, 1.165) is 11.3 Å². The number of carbonyl (C=O) groups excluding carboxylic acids is 1. The van der Waals surface area contributed by atoms with Crippen molar-refractivity contribution in [2.24, 2.45) is 5.10 Å². The minimum Gasteiger partial charge on any atom is -0.272 e. The van der Waals surface area contributed by atoms with E-state index in [4.69, 9.17) is 0 Å². The number of benzene rings is 2. The molecule has 2 heterocycles. The Morgan fingerprint density at radius 1 is 1.07 bits per heavy atom. The molecule has 0 aliphatic carbocycles. The molecule has 1 aromatic heterocycles. The number of hydrazone groups is 1. The van der Waals surface area contributed by atoms with Crippen LogP contribution in [-0.2, 0) is 4.79 Å². The molecule has 3 aromatic rings. The number of nitro benzene ring substituents is 1.